The van der Waals surface area contributed by atoms with Crippen LogP contribution in [0, 0.1) is 19.8 Å². The molecule has 1 amide bonds. The maximum atomic E-state index is 12.5. The summed E-state index contributed by atoms with van der Waals surface area (Å²) < 4.78 is 5.68. The summed E-state index contributed by atoms with van der Waals surface area (Å²) in [5.41, 5.74) is 4.13. The van der Waals surface area contributed by atoms with Crippen molar-refractivity contribution >= 4 is 16.9 Å². The molecule has 1 aromatic heterocycles. The first kappa shape index (κ1) is 16.1. The molecule has 2 unspecified atom stereocenters. The molecule has 1 N–H and O–H groups in total. The predicted molar refractivity (Wildman–Crippen MR) is 90.4 cm³/mol. The number of benzene rings is 1. The van der Waals surface area contributed by atoms with Crippen molar-refractivity contribution in [3.8, 4) is 0 Å². The molecule has 0 radical (unpaired) electrons. The van der Waals surface area contributed by atoms with Crippen molar-refractivity contribution in [2.24, 2.45) is 5.92 Å². The zero-order valence-electron chi connectivity index (χ0n) is 14.1. The Morgan fingerprint density at radius 3 is 2.83 bits per heavy atom. The average Bonchev–Trinajstić information content (AvgIpc) is 3.10. The molecule has 4 heteroatoms. The second-order valence-corrected chi connectivity index (χ2v) is 6.85. The quantitative estimate of drug-likeness (QED) is 0.942. The van der Waals surface area contributed by atoms with Crippen LogP contribution in [-0.4, -0.2) is 35.6 Å². The molecular weight excluding hydrogens is 290 g/mol. The Labute approximate surface area is 137 Å². The number of likely N-dealkylation sites (N-methyl/N-ethyl adjacent to an activating group) is 1. The summed E-state index contributed by atoms with van der Waals surface area (Å²) in [6.07, 6.45) is 4.70. The Balaban J connectivity index is 1.71. The first-order valence-electron chi connectivity index (χ1n) is 8.35. The molecule has 2 aromatic rings. The Bertz CT molecular complexity index is 719. The molecule has 0 saturated heterocycles. The van der Waals surface area contributed by atoms with E-state index in [4.69, 9.17) is 4.42 Å². The zero-order valence-corrected chi connectivity index (χ0v) is 14.1. The maximum Gasteiger partial charge on any atom is 0.226 e. The van der Waals surface area contributed by atoms with Crippen LogP contribution in [0.15, 0.2) is 22.8 Å². The first-order valence-corrected chi connectivity index (χ1v) is 8.35. The Kier molecular flexibility index (Phi) is 4.44. The molecule has 1 fully saturated rings. The third-order valence-electron chi connectivity index (χ3n) is 5.24. The van der Waals surface area contributed by atoms with E-state index in [-0.39, 0.29) is 17.9 Å². The fourth-order valence-electron chi connectivity index (χ4n) is 3.51. The molecule has 2 atom stereocenters. The van der Waals surface area contributed by atoms with Crippen molar-refractivity contribution in [3.63, 3.8) is 0 Å². The van der Waals surface area contributed by atoms with Gasteiger partial charge in [0.05, 0.1) is 18.8 Å². The number of aliphatic hydroxyl groups is 1. The smallest absolute Gasteiger partial charge is 0.226 e. The summed E-state index contributed by atoms with van der Waals surface area (Å²) in [6.45, 7) is 4.73. The number of hydrogen-bond acceptors (Lipinski definition) is 3. The van der Waals surface area contributed by atoms with Crippen molar-refractivity contribution < 1.29 is 14.3 Å². The average molecular weight is 315 g/mol. The highest BCUT2D eigenvalue weighted by Gasteiger charge is 2.27. The molecule has 3 rings (SSSR count). The number of furan rings is 1. The van der Waals surface area contributed by atoms with Gasteiger partial charge in [0.15, 0.2) is 0 Å². The van der Waals surface area contributed by atoms with Gasteiger partial charge in [-0.2, -0.15) is 0 Å². The number of rotatable bonds is 4. The van der Waals surface area contributed by atoms with Crippen molar-refractivity contribution in [2.75, 3.05) is 13.6 Å². The number of carbonyl (C=O) groups excluding carboxylic acids is 1. The van der Waals surface area contributed by atoms with E-state index >= 15 is 0 Å². The van der Waals surface area contributed by atoms with Gasteiger partial charge in [-0.25, -0.2) is 0 Å². The highest BCUT2D eigenvalue weighted by atomic mass is 16.3. The molecule has 124 valence electrons. The van der Waals surface area contributed by atoms with Gasteiger partial charge in [0, 0.05) is 30.5 Å². The van der Waals surface area contributed by atoms with Gasteiger partial charge in [-0.1, -0.05) is 18.6 Å². The first-order chi connectivity index (χ1) is 11.0. The molecule has 1 aliphatic rings. The van der Waals surface area contributed by atoms with Crippen LogP contribution in [0.1, 0.15) is 36.0 Å². The summed E-state index contributed by atoms with van der Waals surface area (Å²) in [5, 5.41) is 10.9. The number of fused-ring (bicyclic) bond motifs is 1. The molecule has 0 bridgehead atoms. The number of nitrogens with zero attached hydrogens (tertiary/aromatic N) is 1. The normalized spacial score (nSPS) is 21.0. The molecule has 1 heterocycles. The van der Waals surface area contributed by atoms with Gasteiger partial charge in [-0.05, 0) is 37.8 Å². The number of amides is 1. The largest absolute Gasteiger partial charge is 0.464 e. The molecule has 1 aliphatic carbocycles. The van der Waals surface area contributed by atoms with Gasteiger partial charge in [-0.15, -0.1) is 0 Å². The van der Waals surface area contributed by atoms with E-state index in [1.165, 1.54) is 5.56 Å². The summed E-state index contributed by atoms with van der Waals surface area (Å²) in [4.78, 5) is 14.3. The second kappa shape index (κ2) is 6.36. The van der Waals surface area contributed by atoms with E-state index < -0.39 is 0 Å². The minimum absolute atomic E-state index is 0.0741. The topological polar surface area (TPSA) is 53.7 Å². The maximum absolute atomic E-state index is 12.5. The lowest BCUT2D eigenvalue weighted by Crippen LogP contribution is -2.35. The second-order valence-electron chi connectivity index (χ2n) is 6.85. The lowest BCUT2D eigenvalue weighted by atomic mass is 10.0. The number of aliphatic hydroxyl groups excluding tert-OH is 1. The minimum atomic E-state index is -0.259. The van der Waals surface area contributed by atoms with Crippen LogP contribution >= 0.6 is 0 Å². The van der Waals surface area contributed by atoms with Gasteiger partial charge in [0.2, 0.25) is 5.91 Å². The summed E-state index contributed by atoms with van der Waals surface area (Å²) in [6, 6.07) is 4.10. The summed E-state index contributed by atoms with van der Waals surface area (Å²) in [7, 11) is 1.82. The minimum Gasteiger partial charge on any atom is -0.464 e. The van der Waals surface area contributed by atoms with Crippen LogP contribution in [0.5, 0.6) is 0 Å². The predicted octanol–water partition coefficient (Wildman–Crippen LogP) is 3.21. The molecule has 1 saturated carbocycles. The van der Waals surface area contributed by atoms with Crippen molar-refractivity contribution in [3.05, 3.63) is 35.1 Å². The lowest BCUT2D eigenvalue weighted by Gasteiger charge is -2.23. The van der Waals surface area contributed by atoms with Crippen LogP contribution in [0.3, 0.4) is 0 Å². The Morgan fingerprint density at radius 1 is 1.35 bits per heavy atom. The van der Waals surface area contributed by atoms with E-state index in [0.717, 1.165) is 41.4 Å². The monoisotopic (exact) mass is 315 g/mol. The van der Waals surface area contributed by atoms with E-state index in [2.05, 4.69) is 13.0 Å². The van der Waals surface area contributed by atoms with Crippen LogP contribution in [0.4, 0.5) is 0 Å². The number of carbonyl (C=O) groups is 1. The third-order valence-corrected chi connectivity index (χ3v) is 5.24. The van der Waals surface area contributed by atoms with Gasteiger partial charge >= 0.3 is 0 Å². The van der Waals surface area contributed by atoms with Crippen LogP contribution in [0.25, 0.3) is 11.0 Å². The number of hydrogen-bond donors (Lipinski definition) is 1. The zero-order chi connectivity index (χ0) is 16.6. The highest BCUT2D eigenvalue weighted by molar-refractivity contribution is 5.89. The van der Waals surface area contributed by atoms with Crippen LogP contribution < -0.4 is 0 Å². The standard InChI is InChI=1S/C19H25NO3/c1-12-7-8-16-15(11-23-19(16)13(12)2)9-18(22)20(3)10-14-5-4-6-17(14)21/h7-8,11,14,17,21H,4-6,9-10H2,1-3H3. The Morgan fingerprint density at radius 2 is 2.13 bits per heavy atom. The molecule has 0 spiro atoms. The summed E-state index contributed by atoms with van der Waals surface area (Å²) in [5.74, 6) is 0.292. The van der Waals surface area contributed by atoms with Crippen molar-refractivity contribution in [2.45, 2.75) is 45.6 Å². The van der Waals surface area contributed by atoms with Crippen LogP contribution in [0.2, 0.25) is 0 Å². The fourth-order valence-corrected chi connectivity index (χ4v) is 3.51. The molecule has 0 aliphatic heterocycles. The van der Waals surface area contributed by atoms with E-state index in [0.29, 0.717) is 13.0 Å². The molecular formula is C19H25NO3. The van der Waals surface area contributed by atoms with Gasteiger partial charge in [0.25, 0.3) is 0 Å². The summed E-state index contributed by atoms with van der Waals surface area (Å²) >= 11 is 0. The van der Waals surface area contributed by atoms with E-state index in [9.17, 15) is 9.90 Å². The highest BCUT2D eigenvalue weighted by Crippen LogP contribution is 2.28. The Hall–Kier alpha value is -1.81. The van der Waals surface area contributed by atoms with E-state index in [1.807, 2.05) is 20.0 Å². The van der Waals surface area contributed by atoms with Gasteiger partial charge in [-0.3, -0.25) is 4.79 Å². The molecule has 1 aromatic carbocycles. The third kappa shape index (κ3) is 3.13. The number of aryl methyl sites for hydroxylation is 2. The van der Waals surface area contributed by atoms with Gasteiger partial charge < -0.3 is 14.4 Å². The molecule has 4 nitrogen and oxygen atoms in total. The van der Waals surface area contributed by atoms with Crippen molar-refractivity contribution in [1.29, 1.82) is 0 Å². The van der Waals surface area contributed by atoms with Crippen LogP contribution in [-0.2, 0) is 11.2 Å². The van der Waals surface area contributed by atoms with Crippen molar-refractivity contribution in [1.82, 2.24) is 4.90 Å². The van der Waals surface area contributed by atoms with E-state index in [1.54, 1.807) is 11.2 Å². The fraction of sp³-hybridized carbons (Fsp3) is 0.526. The SMILES string of the molecule is Cc1ccc2c(CC(=O)N(C)CC3CCCC3O)coc2c1C. The molecule has 23 heavy (non-hydrogen) atoms. The van der Waals surface area contributed by atoms with Gasteiger partial charge in [0.1, 0.15) is 5.58 Å². The lowest BCUT2D eigenvalue weighted by molar-refractivity contribution is -0.130.